The van der Waals surface area contributed by atoms with Crippen LogP contribution in [0.2, 0.25) is 0 Å². The summed E-state index contributed by atoms with van der Waals surface area (Å²) in [7, 11) is 0. The van der Waals surface area contributed by atoms with Crippen molar-refractivity contribution in [3.63, 3.8) is 0 Å². The molecule has 0 saturated heterocycles. The third-order valence-electron chi connectivity index (χ3n) is 2.02. The molecule has 0 amide bonds. The zero-order chi connectivity index (χ0) is 10.4. The Morgan fingerprint density at radius 1 is 1.43 bits per heavy atom. The number of pyridine rings is 1. The Balaban J connectivity index is 2.57. The van der Waals surface area contributed by atoms with Crippen LogP contribution in [0.1, 0.15) is 25.8 Å². The molecule has 0 atom stereocenters. The van der Waals surface area contributed by atoms with E-state index in [9.17, 15) is 0 Å². The molecule has 1 nitrogen and oxygen atoms in total. The van der Waals surface area contributed by atoms with Gasteiger partial charge in [0.05, 0.1) is 4.47 Å². The van der Waals surface area contributed by atoms with E-state index in [1.54, 1.807) is 0 Å². The molecule has 14 heavy (non-hydrogen) atoms. The van der Waals surface area contributed by atoms with Gasteiger partial charge in [-0.25, -0.2) is 0 Å². The van der Waals surface area contributed by atoms with Gasteiger partial charge in [-0.2, -0.15) is 4.57 Å². The van der Waals surface area contributed by atoms with Crippen molar-refractivity contribution in [1.29, 1.82) is 0 Å². The summed E-state index contributed by atoms with van der Waals surface area (Å²) in [6, 6.07) is 2.19. The number of hydrogen-bond donors (Lipinski definition) is 0. The first-order valence-corrected chi connectivity index (χ1v) is 6.98. The van der Waals surface area contributed by atoms with Crippen LogP contribution < -0.4 is 4.57 Å². The van der Waals surface area contributed by atoms with Gasteiger partial charge in [0.2, 0.25) is 0 Å². The van der Waals surface area contributed by atoms with Crippen LogP contribution >= 0.6 is 27.7 Å². The second-order valence-corrected chi connectivity index (χ2v) is 5.15. The lowest BCUT2D eigenvalue weighted by Crippen LogP contribution is -2.31. The standard InChI is InChI=1S/C11H17BrNS/c1-3-7-14-9-13-6-5-10(4-2)11(12)8-13/h5-6,8H,3-4,7,9H2,1-2H3/q+1. The summed E-state index contributed by atoms with van der Waals surface area (Å²) in [6.45, 7) is 4.39. The first-order valence-electron chi connectivity index (χ1n) is 5.03. The molecule has 0 aliphatic rings. The van der Waals surface area contributed by atoms with E-state index in [1.807, 2.05) is 11.8 Å². The van der Waals surface area contributed by atoms with Gasteiger partial charge in [-0.15, -0.1) is 0 Å². The highest BCUT2D eigenvalue weighted by Crippen LogP contribution is 2.14. The maximum atomic E-state index is 3.59. The van der Waals surface area contributed by atoms with Gasteiger partial charge in [0.25, 0.3) is 0 Å². The Kier molecular flexibility index (Phi) is 5.56. The molecule has 0 aromatic carbocycles. The fraction of sp³-hybridized carbons (Fsp3) is 0.545. The van der Waals surface area contributed by atoms with Crippen molar-refractivity contribution in [2.24, 2.45) is 0 Å². The zero-order valence-electron chi connectivity index (χ0n) is 8.79. The van der Waals surface area contributed by atoms with E-state index in [4.69, 9.17) is 0 Å². The van der Waals surface area contributed by atoms with Crippen molar-refractivity contribution in [3.05, 3.63) is 28.5 Å². The highest BCUT2D eigenvalue weighted by Gasteiger charge is 2.05. The fourth-order valence-electron chi connectivity index (χ4n) is 1.22. The van der Waals surface area contributed by atoms with E-state index in [1.165, 1.54) is 22.2 Å². The molecule has 0 unspecified atom stereocenters. The third kappa shape index (κ3) is 3.62. The molecule has 1 rings (SSSR count). The summed E-state index contributed by atoms with van der Waals surface area (Å²) in [5.74, 6) is 2.29. The molecule has 0 saturated carbocycles. The first kappa shape index (κ1) is 12.1. The molecule has 0 spiro atoms. The van der Waals surface area contributed by atoms with E-state index in [0.29, 0.717) is 0 Å². The van der Waals surface area contributed by atoms with Crippen LogP contribution in [0.15, 0.2) is 22.9 Å². The molecule has 1 aromatic rings. The molecular formula is C11H17BrNS+. The predicted octanol–water partition coefficient (Wildman–Crippen LogP) is 3.40. The van der Waals surface area contributed by atoms with Gasteiger partial charge in [0.15, 0.2) is 18.3 Å². The molecule has 0 bridgehead atoms. The molecule has 3 heteroatoms. The first-order chi connectivity index (χ1) is 6.77. The van der Waals surface area contributed by atoms with Crippen molar-refractivity contribution in [1.82, 2.24) is 0 Å². The minimum absolute atomic E-state index is 1.05. The zero-order valence-corrected chi connectivity index (χ0v) is 11.2. The van der Waals surface area contributed by atoms with Gasteiger partial charge in [-0.1, -0.05) is 25.6 Å². The smallest absolute Gasteiger partial charge is 0.194 e. The maximum absolute atomic E-state index is 3.59. The van der Waals surface area contributed by atoms with Crippen LogP contribution in [0.4, 0.5) is 0 Å². The molecule has 0 radical (unpaired) electrons. The molecule has 1 aromatic heterocycles. The summed E-state index contributed by atoms with van der Waals surface area (Å²) in [6.07, 6.45) is 6.66. The van der Waals surface area contributed by atoms with E-state index < -0.39 is 0 Å². The lowest BCUT2D eigenvalue weighted by atomic mass is 10.2. The van der Waals surface area contributed by atoms with Gasteiger partial charge >= 0.3 is 0 Å². The Hall–Kier alpha value is -0.0200. The van der Waals surface area contributed by atoms with Crippen LogP contribution in [0, 0.1) is 0 Å². The van der Waals surface area contributed by atoms with E-state index in [2.05, 4.69) is 52.8 Å². The topological polar surface area (TPSA) is 3.88 Å². The van der Waals surface area contributed by atoms with Crippen molar-refractivity contribution in [2.75, 3.05) is 5.75 Å². The quantitative estimate of drug-likeness (QED) is 0.588. The van der Waals surface area contributed by atoms with E-state index in [-0.39, 0.29) is 0 Å². The van der Waals surface area contributed by atoms with Gasteiger partial charge in [-0.3, -0.25) is 0 Å². The van der Waals surface area contributed by atoms with Crippen LogP contribution in [0.5, 0.6) is 0 Å². The number of thioether (sulfide) groups is 1. The SMILES string of the molecule is CCCSC[n+]1ccc(CC)c(Br)c1. The molecule has 0 aliphatic carbocycles. The van der Waals surface area contributed by atoms with Gasteiger partial charge in [-0.05, 0) is 40.1 Å². The largest absolute Gasteiger partial charge is 0.194 e. The monoisotopic (exact) mass is 274 g/mol. The van der Waals surface area contributed by atoms with Crippen molar-refractivity contribution in [2.45, 2.75) is 32.6 Å². The van der Waals surface area contributed by atoms with Crippen LogP contribution in [0.25, 0.3) is 0 Å². The summed E-state index contributed by atoms with van der Waals surface area (Å²) in [4.78, 5) is 0. The normalized spacial score (nSPS) is 10.5. The van der Waals surface area contributed by atoms with E-state index in [0.717, 1.165) is 12.3 Å². The number of halogens is 1. The predicted molar refractivity (Wildman–Crippen MR) is 66.5 cm³/mol. The Morgan fingerprint density at radius 2 is 2.21 bits per heavy atom. The molecule has 0 aliphatic heterocycles. The third-order valence-corrected chi connectivity index (χ3v) is 3.91. The van der Waals surface area contributed by atoms with Crippen molar-refractivity contribution >= 4 is 27.7 Å². The summed E-state index contributed by atoms with van der Waals surface area (Å²) < 4.78 is 3.45. The number of nitrogens with zero attached hydrogens (tertiary/aromatic N) is 1. The average molecular weight is 275 g/mol. The maximum Gasteiger partial charge on any atom is 0.194 e. The average Bonchev–Trinajstić information content (AvgIpc) is 2.18. The Morgan fingerprint density at radius 3 is 2.79 bits per heavy atom. The lowest BCUT2D eigenvalue weighted by Gasteiger charge is -2.00. The molecule has 78 valence electrons. The highest BCUT2D eigenvalue weighted by atomic mass is 79.9. The van der Waals surface area contributed by atoms with Gasteiger partial charge in [0, 0.05) is 6.07 Å². The minimum atomic E-state index is 1.05. The number of aryl methyl sites for hydroxylation is 1. The minimum Gasteiger partial charge on any atom is -0.194 e. The highest BCUT2D eigenvalue weighted by molar-refractivity contribution is 9.10. The van der Waals surface area contributed by atoms with Gasteiger partial charge in [0.1, 0.15) is 0 Å². The van der Waals surface area contributed by atoms with Crippen molar-refractivity contribution in [3.8, 4) is 0 Å². The second-order valence-electron chi connectivity index (χ2n) is 3.22. The summed E-state index contributed by atoms with van der Waals surface area (Å²) >= 11 is 5.56. The number of aromatic nitrogens is 1. The fourth-order valence-corrected chi connectivity index (χ4v) is 2.68. The molecular weight excluding hydrogens is 258 g/mol. The van der Waals surface area contributed by atoms with Crippen molar-refractivity contribution < 1.29 is 4.57 Å². The van der Waals surface area contributed by atoms with Gasteiger partial charge < -0.3 is 0 Å². The molecule has 1 heterocycles. The Labute approximate surface area is 99.0 Å². The molecule has 0 N–H and O–H groups in total. The second kappa shape index (κ2) is 6.46. The number of hydrogen-bond acceptors (Lipinski definition) is 1. The summed E-state index contributed by atoms with van der Waals surface area (Å²) in [5.41, 5.74) is 1.38. The van der Waals surface area contributed by atoms with Crippen LogP contribution in [0.3, 0.4) is 0 Å². The van der Waals surface area contributed by atoms with E-state index >= 15 is 0 Å². The van der Waals surface area contributed by atoms with Crippen LogP contribution in [-0.2, 0) is 12.3 Å². The Bertz CT molecular complexity index is 289. The van der Waals surface area contributed by atoms with Crippen LogP contribution in [-0.4, -0.2) is 5.75 Å². The lowest BCUT2D eigenvalue weighted by molar-refractivity contribution is -0.676. The molecule has 0 fully saturated rings. The number of rotatable bonds is 5. The summed E-state index contributed by atoms with van der Waals surface area (Å²) in [5, 5.41) is 0.